The Labute approximate surface area is 267 Å². The zero-order valence-corrected chi connectivity index (χ0v) is 26.5. The highest BCUT2D eigenvalue weighted by Gasteiger charge is 2.44. The lowest BCUT2D eigenvalue weighted by Crippen LogP contribution is -2.64. The Bertz CT molecular complexity index is 1640. The molecule has 2 aromatic rings. The number of fused-ring (bicyclic) bond motifs is 4. The molecular weight excluding hydrogens is 595 g/mol. The number of benzene rings is 2. The van der Waals surface area contributed by atoms with Gasteiger partial charge >= 0.3 is 0 Å². The SMILES string of the molecule is CC1(C)CCC(CN2CC3CCC2CN3C(=O)c2cc3c(cc2F)C(=O)N(C2CCC(=O)NC2=O)C3)=C(c2ccc(Cl)cc2)C1. The van der Waals surface area contributed by atoms with Crippen molar-refractivity contribution in [1.29, 1.82) is 0 Å². The van der Waals surface area contributed by atoms with Crippen molar-refractivity contribution < 1.29 is 23.6 Å². The molecule has 0 radical (unpaired) electrons. The number of hydrogen-bond acceptors (Lipinski definition) is 5. The van der Waals surface area contributed by atoms with Crippen molar-refractivity contribution in [3.63, 3.8) is 0 Å². The van der Waals surface area contributed by atoms with E-state index in [2.05, 4.69) is 36.2 Å². The molecule has 10 heteroatoms. The maximum absolute atomic E-state index is 15.5. The van der Waals surface area contributed by atoms with Crippen molar-refractivity contribution >= 4 is 40.8 Å². The van der Waals surface area contributed by atoms with Crippen molar-refractivity contribution in [3.8, 4) is 0 Å². The molecule has 1 N–H and O–H groups in total. The summed E-state index contributed by atoms with van der Waals surface area (Å²) in [6.45, 7) is 6.90. The summed E-state index contributed by atoms with van der Waals surface area (Å²) >= 11 is 6.20. The van der Waals surface area contributed by atoms with Gasteiger partial charge in [-0.25, -0.2) is 4.39 Å². The second-order valence-corrected chi connectivity index (χ2v) is 14.5. The van der Waals surface area contributed by atoms with Gasteiger partial charge in [0.1, 0.15) is 11.9 Å². The van der Waals surface area contributed by atoms with E-state index in [1.54, 1.807) is 0 Å². The Morgan fingerprint density at radius 1 is 1.02 bits per heavy atom. The number of nitrogens with one attached hydrogen (secondary N) is 1. The topological polar surface area (TPSA) is 90.0 Å². The van der Waals surface area contributed by atoms with E-state index < -0.39 is 23.7 Å². The van der Waals surface area contributed by atoms with Gasteiger partial charge in [-0.15, -0.1) is 0 Å². The zero-order chi connectivity index (χ0) is 31.6. The standard InChI is InChI=1S/C35H38ClFN4O4/c1-35(2)12-11-21(28(15-35)20-3-5-23(36)6-4-20)16-39-18-25-8-7-24(39)19-40(25)34(45)27-13-22-17-41(33(44)26(22)14-29(27)37)30-9-10-31(42)38-32(30)43/h3-6,13-14,24-25,30H,7-12,15-19H2,1-2H3,(H,38,42,43). The molecule has 4 amide bonds. The van der Waals surface area contributed by atoms with Gasteiger partial charge in [0.2, 0.25) is 11.8 Å². The molecule has 4 fully saturated rings. The molecule has 3 unspecified atom stereocenters. The first-order valence-electron chi connectivity index (χ1n) is 16.0. The van der Waals surface area contributed by atoms with Gasteiger partial charge in [-0.05, 0) is 84.9 Å². The summed E-state index contributed by atoms with van der Waals surface area (Å²) in [6.07, 6.45) is 5.41. The third-order valence-electron chi connectivity index (χ3n) is 10.5. The summed E-state index contributed by atoms with van der Waals surface area (Å²) in [6, 6.07) is 10.1. The summed E-state index contributed by atoms with van der Waals surface area (Å²) in [5.41, 5.74) is 4.97. The Morgan fingerprint density at radius 2 is 1.78 bits per heavy atom. The van der Waals surface area contributed by atoms with Crippen LogP contribution in [0.4, 0.5) is 4.39 Å². The second-order valence-electron chi connectivity index (χ2n) is 14.1. The largest absolute Gasteiger partial charge is 0.333 e. The van der Waals surface area contributed by atoms with E-state index in [1.807, 2.05) is 17.0 Å². The van der Waals surface area contributed by atoms with Gasteiger partial charge in [-0.1, -0.05) is 43.2 Å². The van der Waals surface area contributed by atoms with Crippen LogP contribution in [0.1, 0.15) is 90.6 Å². The number of amides is 4. The average Bonchev–Trinajstić information content (AvgIpc) is 3.32. The van der Waals surface area contributed by atoms with Crippen molar-refractivity contribution in [3.05, 3.63) is 75.1 Å². The van der Waals surface area contributed by atoms with E-state index in [4.69, 9.17) is 11.6 Å². The second kappa shape index (κ2) is 11.4. The number of carbonyl (C=O) groups is 4. The number of rotatable bonds is 5. The van der Waals surface area contributed by atoms with Crippen LogP contribution in [0.2, 0.25) is 5.02 Å². The predicted molar refractivity (Wildman–Crippen MR) is 168 cm³/mol. The smallest absolute Gasteiger partial charge is 0.257 e. The Kier molecular flexibility index (Phi) is 7.60. The van der Waals surface area contributed by atoms with Crippen molar-refractivity contribution in [2.24, 2.45) is 5.41 Å². The van der Waals surface area contributed by atoms with Crippen LogP contribution in [0.15, 0.2) is 42.0 Å². The molecule has 4 saturated heterocycles. The molecule has 5 aliphatic heterocycles. The van der Waals surface area contributed by atoms with Gasteiger partial charge in [0.15, 0.2) is 0 Å². The lowest BCUT2D eigenvalue weighted by atomic mass is 9.72. The molecule has 2 aromatic carbocycles. The van der Waals surface area contributed by atoms with Gasteiger partial charge in [-0.2, -0.15) is 0 Å². The summed E-state index contributed by atoms with van der Waals surface area (Å²) in [7, 11) is 0. The van der Waals surface area contributed by atoms with E-state index in [-0.39, 0.29) is 59.8 Å². The molecular formula is C35H38ClFN4O4. The summed E-state index contributed by atoms with van der Waals surface area (Å²) < 4.78 is 15.5. The minimum absolute atomic E-state index is 0.0172. The molecule has 0 spiro atoms. The van der Waals surface area contributed by atoms with Gasteiger partial charge in [-0.3, -0.25) is 29.4 Å². The van der Waals surface area contributed by atoms with Gasteiger partial charge < -0.3 is 9.80 Å². The number of nitrogens with zero attached hydrogens (tertiary/aromatic N) is 3. The molecule has 1 aliphatic carbocycles. The molecule has 8 nitrogen and oxygen atoms in total. The molecule has 8 rings (SSSR count). The highest BCUT2D eigenvalue weighted by atomic mass is 35.5. The number of hydrogen-bond donors (Lipinski definition) is 1. The van der Waals surface area contributed by atoms with Crippen LogP contribution in [-0.2, 0) is 16.1 Å². The highest BCUT2D eigenvalue weighted by Crippen LogP contribution is 2.44. The van der Waals surface area contributed by atoms with Crippen LogP contribution in [0.3, 0.4) is 0 Å². The van der Waals surface area contributed by atoms with Crippen molar-refractivity contribution in [1.82, 2.24) is 20.0 Å². The van der Waals surface area contributed by atoms with E-state index in [0.29, 0.717) is 12.1 Å². The Morgan fingerprint density at radius 3 is 2.49 bits per heavy atom. The van der Waals surface area contributed by atoms with Crippen LogP contribution < -0.4 is 5.32 Å². The minimum atomic E-state index is -0.792. The average molecular weight is 633 g/mol. The van der Waals surface area contributed by atoms with E-state index in [0.717, 1.165) is 56.3 Å². The number of halogens is 2. The lowest BCUT2D eigenvalue weighted by Gasteiger charge is -2.52. The normalized spacial score (nSPS) is 26.4. The van der Waals surface area contributed by atoms with Crippen molar-refractivity contribution in [2.75, 3.05) is 19.6 Å². The number of allylic oxidation sites excluding steroid dienone is 1. The Hall–Kier alpha value is -3.56. The van der Waals surface area contributed by atoms with Crippen LogP contribution in [0, 0.1) is 11.2 Å². The summed E-state index contributed by atoms with van der Waals surface area (Å²) in [5.74, 6) is -2.42. The van der Waals surface area contributed by atoms with Crippen LogP contribution in [0.25, 0.3) is 5.57 Å². The van der Waals surface area contributed by atoms with E-state index in [1.165, 1.54) is 27.7 Å². The number of piperidine rings is 3. The lowest BCUT2D eigenvalue weighted by molar-refractivity contribution is -0.136. The predicted octanol–water partition coefficient (Wildman–Crippen LogP) is 5.19. The minimum Gasteiger partial charge on any atom is -0.333 e. The number of imide groups is 1. The fraction of sp³-hybridized carbons (Fsp3) is 0.486. The quantitative estimate of drug-likeness (QED) is 0.458. The maximum atomic E-state index is 15.5. The summed E-state index contributed by atoms with van der Waals surface area (Å²) in [4.78, 5) is 56.7. The van der Waals surface area contributed by atoms with Gasteiger partial charge in [0.25, 0.3) is 11.8 Å². The maximum Gasteiger partial charge on any atom is 0.257 e. The molecule has 0 aromatic heterocycles. The Balaban J connectivity index is 1.08. The first-order valence-corrected chi connectivity index (χ1v) is 16.3. The van der Waals surface area contributed by atoms with E-state index >= 15 is 4.39 Å². The van der Waals surface area contributed by atoms with Gasteiger partial charge in [0, 0.05) is 55.3 Å². The fourth-order valence-electron chi connectivity index (χ4n) is 7.97. The van der Waals surface area contributed by atoms with Crippen LogP contribution in [-0.4, -0.2) is 76.1 Å². The van der Waals surface area contributed by atoms with Crippen LogP contribution in [0.5, 0.6) is 0 Å². The number of piperazine rings is 1. The van der Waals surface area contributed by atoms with E-state index in [9.17, 15) is 19.2 Å². The molecule has 2 bridgehead atoms. The van der Waals surface area contributed by atoms with Crippen LogP contribution >= 0.6 is 11.6 Å². The molecule has 3 atom stereocenters. The van der Waals surface area contributed by atoms with Gasteiger partial charge in [0.05, 0.1) is 5.56 Å². The molecule has 236 valence electrons. The third-order valence-corrected chi connectivity index (χ3v) is 10.8. The monoisotopic (exact) mass is 632 g/mol. The van der Waals surface area contributed by atoms with Crippen molar-refractivity contribution in [2.45, 2.75) is 83.5 Å². The fourth-order valence-corrected chi connectivity index (χ4v) is 8.10. The molecule has 5 heterocycles. The zero-order valence-electron chi connectivity index (χ0n) is 25.7. The summed E-state index contributed by atoms with van der Waals surface area (Å²) in [5, 5.41) is 3.01. The number of carbonyl (C=O) groups excluding carboxylic acids is 4. The third kappa shape index (κ3) is 5.58. The first kappa shape index (κ1) is 30.1. The molecule has 45 heavy (non-hydrogen) atoms. The molecule has 0 saturated carbocycles. The highest BCUT2D eigenvalue weighted by molar-refractivity contribution is 6.30. The molecule has 6 aliphatic rings. The first-order chi connectivity index (χ1) is 21.5.